The van der Waals surface area contributed by atoms with Crippen molar-refractivity contribution in [1.29, 1.82) is 0 Å². The summed E-state index contributed by atoms with van der Waals surface area (Å²) in [6.45, 7) is 3.52. The van der Waals surface area contributed by atoms with Crippen molar-refractivity contribution in [2.75, 3.05) is 21.3 Å². The molecule has 1 aromatic carbocycles. The smallest absolute Gasteiger partial charge is 0.286 e. The number of rotatable bonds is 8. The predicted molar refractivity (Wildman–Crippen MR) is 118 cm³/mol. The van der Waals surface area contributed by atoms with Crippen molar-refractivity contribution >= 4 is 29.3 Å². The van der Waals surface area contributed by atoms with E-state index in [9.17, 15) is 14.4 Å². The van der Waals surface area contributed by atoms with E-state index in [0.29, 0.717) is 22.3 Å². The molecule has 0 bridgehead atoms. The highest BCUT2D eigenvalue weighted by atomic mass is 35.5. The number of aryl methyl sites for hydroxylation is 1. The Labute approximate surface area is 191 Å². The van der Waals surface area contributed by atoms with Crippen LogP contribution in [0.5, 0.6) is 17.2 Å². The fourth-order valence-corrected chi connectivity index (χ4v) is 3.23. The molecule has 3 amide bonds. The highest BCUT2D eigenvalue weighted by Crippen LogP contribution is 2.38. The third kappa shape index (κ3) is 5.64. The molecule has 2 aromatic rings. The van der Waals surface area contributed by atoms with Crippen molar-refractivity contribution in [2.45, 2.75) is 19.9 Å². The molecular formula is C21H27ClN4O6. The summed E-state index contributed by atoms with van der Waals surface area (Å²) in [6.07, 6.45) is 1.56. The van der Waals surface area contributed by atoms with E-state index in [-0.39, 0.29) is 17.2 Å². The van der Waals surface area contributed by atoms with Crippen LogP contribution in [-0.2, 0) is 11.8 Å². The molecule has 2 rings (SSSR count). The fraction of sp³-hybridized carbons (Fsp3) is 0.381. The van der Waals surface area contributed by atoms with Crippen LogP contribution in [0.1, 0.15) is 34.7 Å². The van der Waals surface area contributed by atoms with Crippen LogP contribution in [0.15, 0.2) is 24.4 Å². The maximum absolute atomic E-state index is 12.9. The molecule has 1 atom stereocenters. The van der Waals surface area contributed by atoms with Gasteiger partial charge in [0.25, 0.3) is 17.7 Å². The number of benzene rings is 1. The Balaban J connectivity index is 2.14. The highest BCUT2D eigenvalue weighted by Gasteiger charge is 2.27. The first kappa shape index (κ1) is 24.9. The molecule has 0 aliphatic rings. The van der Waals surface area contributed by atoms with Gasteiger partial charge in [-0.2, -0.15) is 0 Å². The third-order valence-electron chi connectivity index (χ3n) is 4.67. The standard InChI is InChI=1S/C21H27ClN4O6/c1-11(2)17(21(29)25-24-20(28)14-9-13(22)10-26(14)3)23-19(27)12-7-15(30-4)18(32-6)16(8-12)31-5/h7-11,17H,1-6H3,(H,23,27)(H,24,28)(H,25,29)/t17-/m0/s1. The maximum atomic E-state index is 12.9. The number of ether oxygens (including phenoxy) is 3. The zero-order chi connectivity index (χ0) is 24.0. The van der Waals surface area contributed by atoms with Crippen LogP contribution in [0.3, 0.4) is 0 Å². The molecule has 0 radical (unpaired) electrons. The van der Waals surface area contributed by atoms with Crippen LogP contribution < -0.4 is 30.4 Å². The average molecular weight is 467 g/mol. The minimum Gasteiger partial charge on any atom is -0.493 e. The van der Waals surface area contributed by atoms with Crippen molar-refractivity contribution in [1.82, 2.24) is 20.7 Å². The fourth-order valence-electron chi connectivity index (χ4n) is 2.98. The molecule has 32 heavy (non-hydrogen) atoms. The molecule has 174 valence electrons. The Bertz CT molecular complexity index is 979. The number of nitrogens with zero attached hydrogens (tertiary/aromatic N) is 1. The zero-order valence-electron chi connectivity index (χ0n) is 18.7. The average Bonchev–Trinajstić information content (AvgIpc) is 3.11. The van der Waals surface area contributed by atoms with Gasteiger partial charge in [0.2, 0.25) is 5.75 Å². The van der Waals surface area contributed by atoms with E-state index in [1.807, 2.05) is 0 Å². The lowest BCUT2D eigenvalue weighted by atomic mass is 10.0. The van der Waals surface area contributed by atoms with Crippen molar-refractivity contribution in [2.24, 2.45) is 13.0 Å². The molecule has 0 spiro atoms. The van der Waals surface area contributed by atoms with Crippen LogP contribution in [0, 0.1) is 5.92 Å². The number of carbonyl (C=O) groups excluding carboxylic acids is 3. The number of halogens is 1. The van der Waals surface area contributed by atoms with Crippen LogP contribution >= 0.6 is 11.6 Å². The second-order valence-electron chi connectivity index (χ2n) is 7.21. The lowest BCUT2D eigenvalue weighted by Gasteiger charge is -2.22. The van der Waals surface area contributed by atoms with Gasteiger partial charge in [-0.1, -0.05) is 25.4 Å². The molecule has 0 saturated heterocycles. The van der Waals surface area contributed by atoms with E-state index >= 15 is 0 Å². The predicted octanol–water partition coefficient (Wildman–Crippen LogP) is 1.92. The molecule has 1 heterocycles. The number of amides is 3. The molecule has 0 aliphatic carbocycles. The number of methoxy groups -OCH3 is 3. The molecular weight excluding hydrogens is 440 g/mol. The van der Waals surface area contributed by atoms with Gasteiger partial charge < -0.3 is 24.1 Å². The number of hydrogen-bond donors (Lipinski definition) is 3. The van der Waals surface area contributed by atoms with Gasteiger partial charge in [0, 0.05) is 18.8 Å². The molecule has 1 aromatic heterocycles. The summed E-state index contributed by atoms with van der Waals surface area (Å²) < 4.78 is 17.3. The summed E-state index contributed by atoms with van der Waals surface area (Å²) in [7, 11) is 5.98. The Hall–Kier alpha value is -3.40. The van der Waals surface area contributed by atoms with Crippen LogP contribution in [0.2, 0.25) is 5.02 Å². The van der Waals surface area contributed by atoms with Crippen LogP contribution in [0.25, 0.3) is 0 Å². The van der Waals surface area contributed by atoms with Gasteiger partial charge in [-0.3, -0.25) is 25.2 Å². The molecule has 0 aliphatic heterocycles. The Morgan fingerprint density at radius 2 is 1.53 bits per heavy atom. The number of nitrogens with one attached hydrogen (secondary N) is 3. The molecule has 0 unspecified atom stereocenters. The Kier molecular flexibility index (Phi) is 8.36. The first-order valence-corrected chi connectivity index (χ1v) is 10.0. The van der Waals surface area contributed by atoms with Gasteiger partial charge >= 0.3 is 0 Å². The van der Waals surface area contributed by atoms with Crippen molar-refractivity contribution < 1.29 is 28.6 Å². The monoisotopic (exact) mass is 466 g/mol. The summed E-state index contributed by atoms with van der Waals surface area (Å²) in [5.41, 5.74) is 5.14. The zero-order valence-corrected chi connectivity index (χ0v) is 19.5. The Morgan fingerprint density at radius 3 is 1.97 bits per heavy atom. The Morgan fingerprint density at radius 1 is 0.938 bits per heavy atom. The van der Waals surface area contributed by atoms with E-state index in [4.69, 9.17) is 25.8 Å². The summed E-state index contributed by atoms with van der Waals surface area (Å²) in [6, 6.07) is 3.49. The largest absolute Gasteiger partial charge is 0.493 e. The minimum absolute atomic E-state index is 0.209. The number of aromatic nitrogens is 1. The van der Waals surface area contributed by atoms with Gasteiger partial charge in [0.1, 0.15) is 11.7 Å². The van der Waals surface area contributed by atoms with Gasteiger partial charge in [0.05, 0.1) is 26.4 Å². The van der Waals surface area contributed by atoms with E-state index in [2.05, 4.69) is 16.2 Å². The van der Waals surface area contributed by atoms with Gasteiger partial charge in [-0.05, 0) is 24.1 Å². The van der Waals surface area contributed by atoms with Crippen molar-refractivity contribution in [3.63, 3.8) is 0 Å². The number of carbonyl (C=O) groups is 3. The normalized spacial score (nSPS) is 11.5. The van der Waals surface area contributed by atoms with Gasteiger partial charge in [-0.25, -0.2) is 0 Å². The molecule has 0 fully saturated rings. The minimum atomic E-state index is -0.932. The number of hydrogen-bond acceptors (Lipinski definition) is 6. The van der Waals surface area contributed by atoms with Crippen LogP contribution in [0.4, 0.5) is 0 Å². The van der Waals surface area contributed by atoms with Crippen molar-refractivity contribution in [3.8, 4) is 17.2 Å². The second-order valence-corrected chi connectivity index (χ2v) is 7.64. The summed E-state index contributed by atoms with van der Waals surface area (Å²) in [5, 5.41) is 3.06. The molecule has 10 nitrogen and oxygen atoms in total. The quantitative estimate of drug-likeness (QED) is 0.511. The lowest BCUT2D eigenvalue weighted by molar-refractivity contribution is -0.124. The first-order chi connectivity index (χ1) is 15.1. The number of hydrazine groups is 1. The summed E-state index contributed by atoms with van der Waals surface area (Å²) >= 11 is 5.88. The van der Waals surface area contributed by atoms with Gasteiger partial charge in [0.15, 0.2) is 11.5 Å². The van der Waals surface area contributed by atoms with E-state index in [1.54, 1.807) is 27.1 Å². The van der Waals surface area contributed by atoms with Gasteiger partial charge in [-0.15, -0.1) is 0 Å². The van der Waals surface area contributed by atoms with Crippen LogP contribution in [-0.4, -0.2) is 49.7 Å². The van der Waals surface area contributed by atoms with E-state index in [1.165, 1.54) is 44.1 Å². The topological polar surface area (TPSA) is 120 Å². The third-order valence-corrected chi connectivity index (χ3v) is 4.87. The maximum Gasteiger partial charge on any atom is 0.286 e. The van der Waals surface area contributed by atoms with Crippen molar-refractivity contribution in [3.05, 3.63) is 40.7 Å². The SMILES string of the molecule is COc1cc(C(=O)N[C@H](C(=O)NNC(=O)c2cc(Cl)cn2C)C(C)C)cc(OC)c1OC. The lowest BCUT2D eigenvalue weighted by Crippen LogP contribution is -2.54. The second kappa shape index (κ2) is 10.8. The molecule has 11 heteroatoms. The summed E-state index contributed by atoms with van der Waals surface area (Å²) in [5.74, 6) is -0.998. The van der Waals surface area contributed by atoms with E-state index in [0.717, 1.165) is 0 Å². The van der Waals surface area contributed by atoms with E-state index < -0.39 is 23.8 Å². The highest BCUT2D eigenvalue weighted by molar-refractivity contribution is 6.31. The first-order valence-electron chi connectivity index (χ1n) is 9.65. The summed E-state index contributed by atoms with van der Waals surface area (Å²) in [4.78, 5) is 37.8. The molecule has 3 N–H and O–H groups in total. The molecule has 0 saturated carbocycles.